The summed E-state index contributed by atoms with van der Waals surface area (Å²) in [5.74, 6) is 0.769. The lowest BCUT2D eigenvalue weighted by Gasteiger charge is -2.25. The molecule has 0 atom stereocenters. The van der Waals surface area contributed by atoms with Gasteiger partial charge in [-0.3, -0.25) is 9.48 Å². The van der Waals surface area contributed by atoms with E-state index in [2.05, 4.69) is 33.3 Å². The van der Waals surface area contributed by atoms with Gasteiger partial charge >= 0.3 is 0 Å². The van der Waals surface area contributed by atoms with Crippen molar-refractivity contribution in [2.45, 2.75) is 45.6 Å². The van der Waals surface area contributed by atoms with E-state index in [0.29, 0.717) is 11.2 Å². The number of carbonyl (C=O) groups excluding carboxylic acids is 1. The minimum atomic E-state index is -0.100. The summed E-state index contributed by atoms with van der Waals surface area (Å²) in [6.45, 7) is 5.91. The second-order valence-corrected chi connectivity index (χ2v) is 8.90. The van der Waals surface area contributed by atoms with Gasteiger partial charge in [0.25, 0.3) is 0 Å². The molecule has 3 aromatic rings. The maximum Gasteiger partial charge on any atom is 0.223 e. The monoisotopic (exact) mass is 438 g/mol. The van der Waals surface area contributed by atoms with Gasteiger partial charge in [0.05, 0.1) is 28.0 Å². The molecular formula is C22H26N6O2S. The smallest absolute Gasteiger partial charge is 0.223 e. The summed E-state index contributed by atoms with van der Waals surface area (Å²) >= 11 is 1.54. The molecule has 0 spiro atoms. The minimum absolute atomic E-state index is 0.100. The van der Waals surface area contributed by atoms with E-state index < -0.39 is 0 Å². The molecule has 31 heavy (non-hydrogen) atoms. The molecule has 0 aromatic carbocycles. The van der Waals surface area contributed by atoms with Gasteiger partial charge in [-0.15, -0.1) is 0 Å². The van der Waals surface area contributed by atoms with Crippen LogP contribution in [0.2, 0.25) is 0 Å². The lowest BCUT2D eigenvalue weighted by molar-refractivity contribution is -0.114. The van der Waals surface area contributed by atoms with Gasteiger partial charge in [-0.2, -0.15) is 5.10 Å². The molecule has 3 aromatic heterocycles. The van der Waals surface area contributed by atoms with Crippen molar-refractivity contribution in [1.29, 1.82) is 0 Å². The number of thiazole rings is 1. The number of ether oxygens (including phenoxy) is 1. The summed E-state index contributed by atoms with van der Waals surface area (Å²) in [6, 6.07) is 4.39. The number of nitrogens with zero attached hydrogens (tertiary/aromatic N) is 4. The maximum atomic E-state index is 11.6. The molecule has 162 valence electrons. The van der Waals surface area contributed by atoms with E-state index in [-0.39, 0.29) is 5.91 Å². The van der Waals surface area contributed by atoms with E-state index in [9.17, 15) is 4.79 Å². The molecule has 1 fully saturated rings. The first-order valence-electron chi connectivity index (χ1n) is 10.8. The van der Waals surface area contributed by atoms with Gasteiger partial charge in [0.15, 0.2) is 5.13 Å². The quantitative estimate of drug-likeness (QED) is 0.627. The predicted molar refractivity (Wildman–Crippen MR) is 122 cm³/mol. The fraction of sp³-hybridized carbons (Fsp3) is 0.455. The van der Waals surface area contributed by atoms with E-state index in [1.807, 2.05) is 12.3 Å². The van der Waals surface area contributed by atoms with Gasteiger partial charge in [-0.25, -0.2) is 9.97 Å². The summed E-state index contributed by atoms with van der Waals surface area (Å²) in [5.41, 5.74) is 5.46. The van der Waals surface area contributed by atoms with Crippen molar-refractivity contribution in [3.8, 4) is 21.8 Å². The molecule has 1 aliphatic heterocycles. The molecule has 2 aliphatic rings. The first-order chi connectivity index (χ1) is 15.1. The van der Waals surface area contributed by atoms with Crippen molar-refractivity contribution < 1.29 is 9.53 Å². The molecule has 8 nitrogen and oxygen atoms in total. The highest BCUT2D eigenvalue weighted by molar-refractivity contribution is 7.19. The normalized spacial score (nSPS) is 15.9. The van der Waals surface area contributed by atoms with Gasteiger partial charge in [0, 0.05) is 44.0 Å². The Morgan fingerprint density at radius 3 is 2.84 bits per heavy atom. The van der Waals surface area contributed by atoms with Gasteiger partial charge in [0.2, 0.25) is 5.91 Å². The molecule has 0 bridgehead atoms. The highest BCUT2D eigenvalue weighted by atomic mass is 32.1. The summed E-state index contributed by atoms with van der Waals surface area (Å²) in [5, 5.41) is 11.9. The number of pyridine rings is 1. The van der Waals surface area contributed by atoms with Gasteiger partial charge in [-0.05, 0) is 44.7 Å². The van der Waals surface area contributed by atoms with Crippen molar-refractivity contribution in [2.75, 3.05) is 30.4 Å². The number of hydrogen-bond acceptors (Lipinski definition) is 7. The Balaban J connectivity index is 1.61. The topological polar surface area (TPSA) is 94.0 Å². The fourth-order valence-electron chi connectivity index (χ4n) is 4.35. The highest BCUT2D eigenvalue weighted by Gasteiger charge is 2.32. The maximum absolute atomic E-state index is 11.6. The third-order valence-electron chi connectivity index (χ3n) is 5.75. The Hall–Kier alpha value is -2.78. The van der Waals surface area contributed by atoms with E-state index in [4.69, 9.17) is 14.8 Å². The van der Waals surface area contributed by atoms with Crippen LogP contribution in [0.5, 0.6) is 0 Å². The molecule has 1 saturated heterocycles. The molecular weight excluding hydrogens is 412 g/mol. The second kappa shape index (κ2) is 8.39. The number of anilines is 2. The third-order valence-corrected chi connectivity index (χ3v) is 6.77. The van der Waals surface area contributed by atoms with E-state index >= 15 is 0 Å². The summed E-state index contributed by atoms with van der Waals surface area (Å²) < 4.78 is 7.79. The number of rotatable bonds is 5. The van der Waals surface area contributed by atoms with Crippen LogP contribution in [-0.2, 0) is 22.4 Å². The van der Waals surface area contributed by atoms with E-state index in [0.717, 1.165) is 78.8 Å². The minimum Gasteiger partial charge on any atom is -0.381 e. The highest BCUT2D eigenvalue weighted by Crippen LogP contribution is 2.45. The van der Waals surface area contributed by atoms with E-state index in [1.165, 1.54) is 12.5 Å². The van der Waals surface area contributed by atoms with Gasteiger partial charge < -0.3 is 15.4 Å². The van der Waals surface area contributed by atoms with Crippen LogP contribution in [0, 0.1) is 0 Å². The predicted octanol–water partition coefficient (Wildman–Crippen LogP) is 3.91. The zero-order valence-electron chi connectivity index (χ0n) is 17.8. The van der Waals surface area contributed by atoms with Crippen LogP contribution in [-0.4, -0.2) is 45.4 Å². The SMILES string of the molecule is CCNc1ccc(-c2nn(C3CCOCC3)c3c2CCc2nc(NC(C)=O)sc2-3)cn1. The Morgan fingerprint density at radius 1 is 1.29 bits per heavy atom. The summed E-state index contributed by atoms with van der Waals surface area (Å²) in [7, 11) is 0. The first-order valence-corrected chi connectivity index (χ1v) is 11.6. The fourth-order valence-corrected chi connectivity index (χ4v) is 5.47. The Labute approximate surface area is 185 Å². The molecule has 0 radical (unpaired) electrons. The summed E-state index contributed by atoms with van der Waals surface area (Å²) in [6.07, 6.45) is 5.50. The van der Waals surface area contributed by atoms with Crippen LogP contribution >= 0.6 is 11.3 Å². The lowest BCUT2D eigenvalue weighted by Crippen LogP contribution is -2.21. The number of nitrogens with one attached hydrogen (secondary N) is 2. The number of fused-ring (bicyclic) bond motifs is 3. The van der Waals surface area contributed by atoms with E-state index in [1.54, 1.807) is 11.3 Å². The Kier molecular flexibility index (Phi) is 5.45. The molecule has 9 heteroatoms. The van der Waals surface area contributed by atoms with Crippen molar-refractivity contribution >= 4 is 28.2 Å². The summed E-state index contributed by atoms with van der Waals surface area (Å²) in [4.78, 5) is 21.9. The molecule has 2 N–H and O–H groups in total. The number of amides is 1. The number of aromatic nitrogens is 4. The van der Waals surface area contributed by atoms with Crippen LogP contribution in [0.25, 0.3) is 21.8 Å². The van der Waals surface area contributed by atoms with Crippen molar-refractivity contribution in [2.24, 2.45) is 0 Å². The zero-order valence-corrected chi connectivity index (χ0v) is 18.6. The first kappa shape index (κ1) is 20.1. The van der Waals surface area contributed by atoms with Crippen LogP contribution < -0.4 is 10.6 Å². The van der Waals surface area contributed by atoms with Crippen LogP contribution in [0.3, 0.4) is 0 Å². The number of hydrogen-bond donors (Lipinski definition) is 2. The van der Waals surface area contributed by atoms with Crippen molar-refractivity contribution in [3.63, 3.8) is 0 Å². The second-order valence-electron chi connectivity index (χ2n) is 7.90. The molecule has 5 rings (SSSR count). The van der Waals surface area contributed by atoms with Gasteiger partial charge in [-0.1, -0.05) is 11.3 Å². The zero-order chi connectivity index (χ0) is 21.4. The Bertz CT molecular complexity index is 1100. The molecule has 0 unspecified atom stereocenters. The van der Waals surface area contributed by atoms with Crippen molar-refractivity contribution in [1.82, 2.24) is 19.7 Å². The molecule has 4 heterocycles. The Morgan fingerprint density at radius 2 is 2.13 bits per heavy atom. The average Bonchev–Trinajstić information content (AvgIpc) is 3.35. The van der Waals surface area contributed by atoms with Crippen LogP contribution in [0.15, 0.2) is 18.3 Å². The van der Waals surface area contributed by atoms with Gasteiger partial charge in [0.1, 0.15) is 5.82 Å². The van der Waals surface area contributed by atoms with Crippen LogP contribution in [0.4, 0.5) is 10.9 Å². The largest absolute Gasteiger partial charge is 0.381 e. The van der Waals surface area contributed by atoms with Crippen molar-refractivity contribution in [3.05, 3.63) is 29.6 Å². The third kappa shape index (κ3) is 3.83. The molecule has 1 amide bonds. The number of carbonyl (C=O) groups is 1. The molecule has 0 saturated carbocycles. The van der Waals surface area contributed by atoms with Crippen LogP contribution in [0.1, 0.15) is 44.0 Å². The standard InChI is InChI=1S/C22H26N6O2S/c1-3-23-18-7-4-14(12-24-18)19-16-5-6-17-21(31-22(26-17)25-13(2)29)20(16)28(27-19)15-8-10-30-11-9-15/h4,7,12,15H,3,5-6,8-11H2,1-2H3,(H,23,24)(H,25,26,29). The molecule has 1 aliphatic carbocycles. The number of aryl methyl sites for hydroxylation is 1. The average molecular weight is 439 g/mol. The lowest BCUT2D eigenvalue weighted by atomic mass is 9.95.